The zero-order chi connectivity index (χ0) is 15.9. The molecule has 3 rings (SSSR count). The molecule has 2 aliphatic carbocycles. The maximum atomic E-state index is 9.29. The summed E-state index contributed by atoms with van der Waals surface area (Å²) in [6.07, 6.45) is 19.1. The van der Waals surface area contributed by atoms with Crippen molar-refractivity contribution in [1.29, 1.82) is 0 Å². The lowest BCUT2D eigenvalue weighted by molar-refractivity contribution is 0.165. The van der Waals surface area contributed by atoms with Crippen LogP contribution in [0.25, 0.3) is 0 Å². The average Bonchev–Trinajstić information content (AvgIpc) is 2.63. The summed E-state index contributed by atoms with van der Waals surface area (Å²) in [5.74, 6) is 1.33. The van der Waals surface area contributed by atoms with E-state index in [1.165, 1.54) is 5.57 Å². The molecule has 0 radical (unpaired) electrons. The van der Waals surface area contributed by atoms with Crippen LogP contribution < -0.4 is 5.32 Å². The lowest BCUT2D eigenvalue weighted by atomic mass is 9.86. The Bertz CT molecular complexity index is 499. The molecule has 1 aliphatic heterocycles. The van der Waals surface area contributed by atoms with Crippen LogP contribution in [0.3, 0.4) is 0 Å². The van der Waals surface area contributed by atoms with Gasteiger partial charge in [-0.05, 0) is 50.9 Å². The van der Waals surface area contributed by atoms with Crippen molar-refractivity contribution in [3.63, 3.8) is 0 Å². The van der Waals surface area contributed by atoms with Gasteiger partial charge in [-0.2, -0.15) is 0 Å². The normalized spacial score (nSPS) is 28.4. The molecule has 0 bridgehead atoms. The lowest BCUT2D eigenvalue weighted by Crippen LogP contribution is -2.42. The fourth-order valence-electron chi connectivity index (χ4n) is 3.56. The Balaban J connectivity index is 1.61. The standard InChI is InChI=1S/C19H27NO3/c21-13-16-6-8-17(9-7-16)20-18(19-14-22-10-11-23-19)12-15-4-2-1-3-5-15/h1-2,4,10-11,14,16-18,20-21H,3,5-9,12-13H2. The van der Waals surface area contributed by atoms with E-state index in [9.17, 15) is 5.11 Å². The van der Waals surface area contributed by atoms with E-state index in [1.54, 1.807) is 18.8 Å². The number of ether oxygens (including phenoxy) is 2. The van der Waals surface area contributed by atoms with E-state index in [0.29, 0.717) is 18.6 Å². The zero-order valence-electron chi connectivity index (χ0n) is 13.6. The molecule has 1 unspecified atom stereocenters. The molecular formula is C19H27NO3. The summed E-state index contributed by atoms with van der Waals surface area (Å²) >= 11 is 0. The zero-order valence-corrected chi connectivity index (χ0v) is 13.6. The predicted octanol–water partition coefficient (Wildman–Crippen LogP) is 3.52. The molecular weight excluding hydrogens is 290 g/mol. The molecule has 1 atom stereocenters. The number of hydrogen-bond donors (Lipinski definition) is 2. The van der Waals surface area contributed by atoms with Crippen molar-refractivity contribution in [2.24, 2.45) is 5.92 Å². The van der Waals surface area contributed by atoms with Crippen molar-refractivity contribution in [2.45, 2.75) is 57.0 Å². The Labute approximate surface area is 138 Å². The SMILES string of the molecule is OCC1CCC(NC(CC2=CC=CCC2)C2=COC=CO2)CC1. The van der Waals surface area contributed by atoms with Gasteiger partial charge in [0.1, 0.15) is 18.8 Å². The van der Waals surface area contributed by atoms with Gasteiger partial charge in [-0.15, -0.1) is 0 Å². The van der Waals surface area contributed by atoms with Crippen LogP contribution in [-0.4, -0.2) is 23.8 Å². The van der Waals surface area contributed by atoms with Gasteiger partial charge in [0.05, 0.1) is 6.04 Å². The van der Waals surface area contributed by atoms with Crippen molar-refractivity contribution >= 4 is 0 Å². The molecule has 0 saturated heterocycles. The van der Waals surface area contributed by atoms with Gasteiger partial charge in [0, 0.05) is 12.6 Å². The van der Waals surface area contributed by atoms with E-state index in [-0.39, 0.29) is 6.04 Å². The number of aliphatic hydroxyl groups excluding tert-OH is 1. The molecule has 2 N–H and O–H groups in total. The maximum absolute atomic E-state index is 9.29. The van der Waals surface area contributed by atoms with E-state index in [0.717, 1.165) is 50.7 Å². The van der Waals surface area contributed by atoms with Crippen LogP contribution in [-0.2, 0) is 9.47 Å². The number of aliphatic hydroxyl groups is 1. The number of allylic oxidation sites excluding steroid dienone is 3. The van der Waals surface area contributed by atoms with Crippen LogP contribution in [0.5, 0.6) is 0 Å². The lowest BCUT2D eigenvalue weighted by Gasteiger charge is -2.32. The predicted molar refractivity (Wildman–Crippen MR) is 90.2 cm³/mol. The number of nitrogens with one attached hydrogen (secondary N) is 1. The highest BCUT2D eigenvalue weighted by molar-refractivity contribution is 5.21. The van der Waals surface area contributed by atoms with Gasteiger partial charge >= 0.3 is 0 Å². The van der Waals surface area contributed by atoms with Crippen LogP contribution in [0.15, 0.2) is 48.3 Å². The fourth-order valence-corrected chi connectivity index (χ4v) is 3.56. The highest BCUT2D eigenvalue weighted by Crippen LogP contribution is 2.27. The Morgan fingerprint density at radius 3 is 2.74 bits per heavy atom. The molecule has 23 heavy (non-hydrogen) atoms. The van der Waals surface area contributed by atoms with Crippen LogP contribution in [0, 0.1) is 5.92 Å². The van der Waals surface area contributed by atoms with Gasteiger partial charge in [0.2, 0.25) is 0 Å². The van der Waals surface area contributed by atoms with E-state index < -0.39 is 0 Å². The van der Waals surface area contributed by atoms with Crippen LogP contribution >= 0.6 is 0 Å². The van der Waals surface area contributed by atoms with Crippen LogP contribution in [0.2, 0.25) is 0 Å². The molecule has 0 aromatic heterocycles. The molecule has 4 nitrogen and oxygen atoms in total. The molecule has 3 aliphatic rings. The Morgan fingerprint density at radius 1 is 1.22 bits per heavy atom. The molecule has 0 amide bonds. The smallest absolute Gasteiger partial charge is 0.155 e. The van der Waals surface area contributed by atoms with E-state index in [1.807, 2.05) is 0 Å². The summed E-state index contributed by atoms with van der Waals surface area (Å²) in [6.45, 7) is 0.322. The second-order valence-corrected chi connectivity index (χ2v) is 6.66. The first-order valence-corrected chi connectivity index (χ1v) is 8.74. The average molecular weight is 317 g/mol. The summed E-state index contributed by atoms with van der Waals surface area (Å²) in [5, 5.41) is 13.1. The minimum atomic E-state index is 0.147. The monoisotopic (exact) mass is 317 g/mol. The van der Waals surface area contributed by atoms with E-state index in [4.69, 9.17) is 9.47 Å². The third-order valence-corrected chi connectivity index (χ3v) is 4.97. The quantitative estimate of drug-likeness (QED) is 0.787. The summed E-state index contributed by atoms with van der Waals surface area (Å²) in [6, 6.07) is 0.631. The summed E-state index contributed by atoms with van der Waals surface area (Å²) in [4.78, 5) is 0. The van der Waals surface area contributed by atoms with Gasteiger partial charge < -0.3 is 19.9 Å². The first kappa shape index (κ1) is 16.3. The van der Waals surface area contributed by atoms with Crippen molar-refractivity contribution in [1.82, 2.24) is 5.32 Å². The Morgan fingerprint density at radius 2 is 2.09 bits per heavy atom. The molecule has 126 valence electrons. The highest BCUT2D eigenvalue weighted by Gasteiger charge is 2.26. The van der Waals surface area contributed by atoms with Crippen LogP contribution in [0.4, 0.5) is 0 Å². The Hall–Kier alpha value is -1.52. The number of rotatable bonds is 6. The van der Waals surface area contributed by atoms with E-state index >= 15 is 0 Å². The molecule has 1 heterocycles. The van der Waals surface area contributed by atoms with Crippen LogP contribution in [0.1, 0.15) is 44.9 Å². The maximum Gasteiger partial charge on any atom is 0.155 e. The van der Waals surface area contributed by atoms with Gasteiger partial charge in [-0.3, -0.25) is 0 Å². The molecule has 0 aromatic carbocycles. The number of hydrogen-bond acceptors (Lipinski definition) is 4. The van der Waals surface area contributed by atoms with Crippen molar-refractivity contribution < 1.29 is 14.6 Å². The molecule has 0 spiro atoms. The second kappa shape index (κ2) is 8.37. The fraction of sp³-hybridized carbons (Fsp3) is 0.579. The first-order valence-electron chi connectivity index (χ1n) is 8.74. The molecule has 0 aromatic rings. The van der Waals surface area contributed by atoms with Gasteiger partial charge in [0.25, 0.3) is 0 Å². The van der Waals surface area contributed by atoms with Gasteiger partial charge in [-0.25, -0.2) is 0 Å². The highest BCUT2D eigenvalue weighted by atomic mass is 16.5. The van der Waals surface area contributed by atoms with E-state index in [2.05, 4.69) is 23.5 Å². The largest absolute Gasteiger partial charge is 0.466 e. The summed E-state index contributed by atoms with van der Waals surface area (Å²) < 4.78 is 11.0. The summed E-state index contributed by atoms with van der Waals surface area (Å²) in [5.41, 5.74) is 1.45. The second-order valence-electron chi connectivity index (χ2n) is 6.66. The van der Waals surface area contributed by atoms with Crippen molar-refractivity contribution in [3.8, 4) is 0 Å². The van der Waals surface area contributed by atoms with Crippen molar-refractivity contribution in [3.05, 3.63) is 48.3 Å². The molecule has 1 fully saturated rings. The third-order valence-electron chi connectivity index (χ3n) is 4.97. The van der Waals surface area contributed by atoms with Crippen molar-refractivity contribution in [2.75, 3.05) is 6.61 Å². The first-order chi connectivity index (χ1) is 11.3. The molecule has 4 heteroatoms. The Kier molecular flexibility index (Phi) is 5.94. The minimum absolute atomic E-state index is 0.147. The summed E-state index contributed by atoms with van der Waals surface area (Å²) in [7, 11) is 0. The van der Waals surface area contributed by atoms with Gasteiger partial charge in [-0.1, -0.05) is 23.8 Å². The topological polar surface area (TPSA) is 50.7 Å². The molecule has 1 saturated carbocycles. The third kappa shape index (κ3) is 4.72. The minimum Gasteiger partial charge on any atom is -0.466 e. The van der Waals surface area contributed by atoms with Gasteiger partial charge in [0.15, 0.2) is 5.76 Å².